The molecular formula is C17H23N3O3S. The third-order valence-corrected chi connectivity index (χ3v) is 4.47. The average Bonchev–Trinajstić information content (AvgIpc) is 3.00. The fourth-order valence-corrected chi connectivity index (χ4v) is 3.10. The van der Waals surface area contributed by atoms with Gasteiger partial charge in [0, 0.05) is 25.1 Å². The number of ether oxygens (including phenoxy) is 2. The van der Waals surface area contributed by atoms with E-state index in [-0.39, 0.29) is 11.7 Å². The van der Waals surface area contributed by atoms with Gasteiger partial charge in [-0.15, -0.1) is 10.2 Å². The van der Waals surface area contributed by atoms with Crippen LogP contribution in [-0.4, -0.2) is 47.1 Å². The van der Waals surface area contributed by atoms with Crippen LogP contribution in [0.2, 0.25) is 0 Å². The summed E-state index contributed by atoms with van der Waals surface area (Å²) in [4.78, 5) is 12.4. The number of nitrogens with zero attached hydrogens (tertiary/aromatic N) is 3. The van der Waals surface area contributed by atoms with Gasteiger partial charge in [0.15, 0.2) is 10.9 Å². The van der Waals surface area contributed by atoms with Crippen LogP contribution < -0.4 is 4.74 Å². The zero-order valence-electron chi connectivity index (χ0n) is 14.5. The summed E-state index contributed by atoms with van der Waals surface area (Å²) in [5.74, 6) is 2.18. The zero-order valence-corrected chi connectivity index (χ0v) is 15.3. The first-order valence-corrected chi connectivity index (χ1v) is 8.77. The van der Waals surface area contributed by atoms with Crippen LogP contribution in [0.25, 0.3) is 0 Å². The molecule has 1 aromatic carbocycles. The Hall–Kier alpha value is -1.86. The van der Waals surface area contributed by atoms with Crippen LogP contribution in [0.5, 0.6) is 5.75 Å². The van der Waals surface area contributed by atoms with E-state index in [1.807, 2.05) is 16.7 Å². The maximum atomic E-state index is 12.4. The van der Waals surface area contributed by atoms with Crippen LogP contribution in [-0.2, 0) is 11.3 Å². The number of aromatic nitrogens is 3. The van der Waals surface area contributed by atoms with E-state index < -0.39 is 0 Å². The Morgan fingerprint density at radius 2 is 2.08 bits per heavy atom. The van der Waals surface area contributed by atoms with Gasteiger partial charge in [0.25, 0.3) is 0 Å². The molecule has 0 aliphatic heterocycles. The van der Waals surface area contributed by atoms with E-state index in [9.17, 15) is 4.79 Å². The molecule has 2 rings (SSSR count). The van der Waals surface area contributed by atoms with Crippen molar-refractivity contribution >= 4 is 17.5 Å². The summed E-state index contributed by atoms with van der Waals surface area (Å²) in [5.41, 5.74) is 0.633. The molecule has 0 amide bonds. The summed E-state index contributed by atoms with van der Waals surface area (Å²) in [6.07, 6.45) is 0. The van der Waals surface area contributed by atoms with Gasteiger partial charge < -0.3 is 14.0 Å². The molecule has 24 heavy (non-hydrogen) atoms. The summed E-state index contributed by atoms with van der Waals surface area (Å²) in [6.45, 7) is 5.40. The van der Waals surface area contributed by atoms with Crippen molar-refractivity contribution in [1.29, 1.82) is 0 Å². The first-order valence-electron chi connectivity index (χ1n) is 7.79. The summed E-state index contributed by atoms with van der Waals surface area (Å²) in [5, 5.41) is 9.23. The van der Waals surface area contributed by atoms with Gasteiger partial charge in [-0.1, -0.05) is 37.7 Å². The minimum Gasteiger partial charge on any atom is -0.497 e. The van der Waals surface area contributed by atoms with E-state index in [4.69, 9.17) is 9.47 Å². The Morgan fingerprint density at radius 1 is 1.29 bits per heavy atom. The van der Waals surface area contributed by atoms with Gasteiger partial charge in [-0.25, -0.2) is 0 Å². The topological polar surface area (TPSA) is 66.2 Å². The maximum absolute atomic E-state index is 12.4. The van der Waals surface area contributed by atoms with Gasteiger partial charge in [-0.05, 0) is 12.1 Å². The molecule has 0 aliphatic rings. The highest BCUT2D eigenvalue weighted by Gasteiger charge is 2.17. The van der Waals surface area contributed by atoms with Gasteiger partial charge in [0.2, 0.25) is 0 Å². The molecule has 0 atom stereocenters. The molecule has 6 nitrogen and oxygen atoms in total. The van der Waals surface area contributed by atoms with Crippen LogP contribution in [0.3, 0.4) is 0 Å². The molecule has 130 valence electrons. The highest BCUT2D eigenvalue weighted by molar-refractivity contribution is 7.99. The Kier molecular flexibility index (Phi) is 6.81. The summed E-state index contributed by atoms with van der Waals surface area (Å²) >= 11 is 1.40. The monoisotopic (exact) mass is 349 g/mol. The molecule has 0 saturated carbocycles. The molecule has 0 bridgehead atoms. The van der Waals surface area contributed by atoms with Crippen LogP contribution in [0.15, 0.2) is 29.4 Å². The summed E-state index contributed by atoms with van der Waals surface area (Å²) < 4.78 is 12.3. The van der Waals surface area contributed by atoms with Crippen LogP contribution >= 0.6 is 11.8 Å². The zero-order chi connectivity index (χ0) is 17.5. The second-order valence-corrected chi connectivity index (χ2v) is 6.53. The second-order valence-electron chi connectivity index (χ2n) is 5.58. The molecule has 0 aliphatic carbocycles. The van der Waals surface area contributed by atoms with E-state index in [0.29, 0.717) is 30.2 Å². The van der Waals surface area contributed by atoms with Crippen LogP contribution in [0.4, 0.5) is 0 Å². The number of carbonyl (C=O) groups excluding carboxylic acids is 1. The molecule has 0 spiro atoms. The van der Waals surface area contributed by atoms with E-state index in [1.165, 1.54) is 11.8 Å². The third-order valence-electron chi connectivity index (χ3n) is 3.50. The predicted molar refractivity (Wildman–Crippen MR) is 94.0 cm³/mol. The number of rotatable bonds is 9. The average molecular weight is 349 g/mol. The smallest absolute Gasteiger partial charge is 0.191 e. The van der Waals surface area contributed by atoms with Gasteiger partial charge in [-0.3, -0.25) is 4.79 Å². The lowest BCUT2D eigenvalue weighted by atomic mass is 10.1. The Morgan fingerprint density at radius 3 is 2.75 bits per heavy atom. The molecular weight excluding hydrogens is 326 g/mol. The molecule has 0 fully saturated rings. The SMILES string of the molecule is COCCn1c(SCC(=O)c2cccc(OC)c2)nnc1C(C)C. The molecule has 1 heterocycles. The molecule has 2 aromatic rings. The molecule has 1 aromatic heterocycles. The molecule has 7 heteroatoms. The number of hydrogen-bond acceptors (Lipinski definition) is 6. The molecule has 0 unspecified atom stereocenters. The molecule has 0 N–H and O–H groups in total. The highest BCUT2D eigenvalue weighted by atomic mass is 32.2. The number of methoxy groups -OCH3 is 2. The van der Waals surface area contributed by atoms with Crippen molar-refractivity contribution in [3.63, 3.8) is 0 Å². The first-order chi connectivity index (χ1) is 11.6. The van der Waals surface area contributed by atoms with Crippen molar-refractivity contribution in [3.8, 4) is 5.75 Å². The maximum Gasteiger partial charge on any atom is 0.191 e. The van der Waals surface area contributed by atoms with Crippen LogP contribution in [0, 0.1) is 0 Å². The lowest BCUT2D eigenvalue weighted by Gasteiger charge is -2.11. The number of Topliss-reactive ketones (excluding diaryl/α,β-unsaturated/α-hetero) is 1. The predicted octanol–water partition coefficient (Wildman–Crippen LogP) is 3.03. The van der Waals surface area contributed by atoms with Gasteiger partial charge in [0.1, 0.15) is 11.6 Å². The highest BCUT2D eigenvalue weighted by Crippen LogP contribution is 2.23. The van der Waals surface area contributed by atoms with Crippen molar-refractivity contribution < 1.29 is 14.3 Å². The van der Waals surface area contributed by atoms with E-state index in [2.05, 4.69) is 24.0 Å². The van der Waals surface area contributed by atoms with Gasteiger partial charge in [0.05, 0.1) is 19.5 Å². The quantitative estimate of drug-likeness (QED) is 0.512. The Bertz CT molecular complexity index is 685. The van der Waals surface area contributed by atoms with Crippen molar-refractivity contribution in [1.82, 2.24) is 14.8 Å². The summed E-state index contributed by atoms with van der Waals surface area (Å²) in [6, 6.07) is 7.17. The minimum atomic E-state index is 0.0336. The second kappa shape index (κ2) is 8.84. The van der Waals surface area contributed by atoms with Crippen molar-refractivity contribution in [3.05, 3.63) is 35.7 Å². The third kappa shape index (κ3) is 4.58. The lowest BCUT2D eigenvalue weighted by Crippen LogP contribution is -2.11. The number of hydrogen-bond donors (Lipinski definition) is 0. The number of benzene rings is 1. The number of thioether (sulfide) groups is 1. The molecule has 0 saturated heterocycles. The van der Waals surface area contributed by atoms with E-state index >= 15 is 0 Å². The Labute approximate surface area is 146 Å². The van der Waals surface area contributed by atoms with Gasteiger partial charge in [-0.2, -0.15) is 0 Å². The van der Waals surface area contributed by atoms with Gasteiger partial charge >= 0.3 is 0 Å². The Balaban J connectivity index is 2.09. The number of ketones is 1. The fourth-order valence-electron chi connectivity index (χ4n) is 2.24. The normalized spacial score (nSPS) is 11.0. The van der Waals surface area contributed by atoms with Crippen molar-refractivity contribution in [2.45, 2.75) is 31.5 Å². The lowest BCUT2D eigenvalue weighted by molar-refractivity contribution is 0.102. The largest absolute Gasteiger partial charge is 0.497 e. The van der Waals surface area contributed by atoms with E-state index in [1.54, 1.807) is 26.4 Å². The van der Waals surface area contributed by atoms with Crippen molar-refractivity contribution in [2.75, 3.05) is 26.6 Å². The van der Waals surface area contributed by atoms with Crippen LogP contribution in [0.1, 0.15) is 35.9 Å². The summed E-state index contributed by atoms with van der Waals surface area (Å²) in [7, 11) is 3.25. The number of carbonyl (C=O) groups is 1. The standard InChI is InChI=1S/C17H23N3O3S/c1-12(2)16-18-19-17(20(16)8-9-22-3)24-11-15(21)13-6-5-7-14(10-13)23-4/h5-7,10,12H,8-9,11H2,1-4H3. The fraction of sp³-hybridized carbons (Fsp3) is 0.471. The molecule has 0 radical (unpaired) electrons. The van der Waals surface area contributed by atoms with Crippen molar-refractivity contribution in [2.24, 2.45) is 0 Å². The first kappa shape index (κ1) is 18.5. The van der Waals surface area contributed by atoms with E-state index in [0.717, 1.165) is 11.0 Å². The minimum absolute atomic E-state index is 0.0336.